The Morgan fingerprint density at radius 3 is 2.38 bits per heavy atom. The second-order valence-electron chi connectivity index (χ2n) is 8.19. The lowest BCUT2D eigenvalue weighted by Gasteiger charge is -2.27. The molecule has 4 amide bonds. The summed E-state index contributed by atoms with van der Waals surface area (Å²) in [6, 6.07) is 15.9. The lowest BCUT2D eigenvalue weighted by Crippen LogP contribution is -2.54. The number of rotatable bonds is 9. The summed E-state index contributed by atoms with van der Waals surface area (Å²) in [5.41, 5.74) is 0.473. The number of amides is 4. The van der Waals surface area contributed by atoms with Crippen molar-refractivity contribution >= 4 is 51.3 Å². The molecular weight excluding hydrogens is 544 g/mol. The second-order valence-corrected chi connectivity index (χ2v) is 10.1. The average Bonchev–Trinajstić information content (AvgIpc) is 2.90. The third-order valence-electron chi connectivity index (χ3n) is 5.55. The largest absolute Gasteiger partial charge is 0.490 e. The molecule has 0 aromatic heterocycles. The molecule has 1 saturated heterocycles. The van der Waals surface area contributed by atoms with Crippen molar-refractivity contribution in [1.82, 2.24) is 5.32 Å². The highest BCUT2D eigenvalue weighted by molar-refractivity contribution is 7.87. The first-order valence-electron chi connectivity index (χ1n) is 11.7. The van der Waals surface area contributed by atoms with E-state index in [0.717, 1.165) is 4.90 Å². The Labute approximate surface area is 230 Å². The van der Waals surface area contributed by atoms with Gasteiger partial charge in [-0.05, 0) is 61.4 Å². The molecule has 1 N–H and O–H groups in total. The highest BCUT2D eigenvalue weighted by Gasteiger charge is 2.37. The zero-order valence-electron chi connectivity index (χ0n) is 20.7. The van der Waals surface area contributed by atoms with Crippen molar-refractivity contribution in [2.24, 2.45) is 0 Å². The fourth-order valence-corrected chi connectivity index (χ4v) is 5.07. The van der Waals surface area contributed by atoms with Crippen LogP contribution in [0.25, 0.3) is 6.08 Å². The molecule has 39 heavy (non-hydrogen) atoms. The van der Waals surface area contributed by atoms with Gasteiger partial charge in [0.05, 0.1) is 17.3 Å². The molecule has 0 bridgehead atoms. The van der Waals surface area contributed by atoms with Gasteiger partial charge in [-0.15, -0.1) is 6.58 Å². The summed E-state index contributed by atoms with van der Waals surface area (Å²) >= 11 is 6.19. The predicted molar refractivity (Wildman–Crippen MR) is 146 cm³/mol. The van der Waals surface area contributed by atoms with Gasteiger partial charge in [0.2, 0.25) is 0 Å². The number of carbonyl (C=O) groups excluding carboxylic acids is 3. The SMILES string of the molecule is C=CCc1cc(/C=C2\C(=O)NC(=O)N(c3ccccc3Cl)C2=O)cc(OCC)c1OS(=O)(=O)c1ccccc1. The molecule has 0 aliphatic carbocycles. The molecule has 1 aliphatic rings. The van der Waals surface area contributed by atoms with E-state index in [9.17, 15) is 22.8 Å². The number of ether oxygens (including phenoxy) is 1. The van der Waals surface area contributed by atoms with E-state index in [-0.39, 0.29) is 45.7 Å². The van der Waals surface area contributed by atoms with E-state index in [4.69, 9.17) is 20.5 Å². The molecule has 0 radical (unpaired) electrons. The lowest BCUT2D eigenvalue weighted by molar-refractivity contribution is -0.122. The topological polar surface area (TPSA) is 119 Å². The van der Waals surface area contributed by atoms with Crippen molar-refractivity contribution < 1.29 is 31.7 Å². The van der Waals surface area contributed by atoms with Crippen LogP contribution in [0.4, 0.5) is 10.5 Å². The van der Waals surface area contributed by atoms with E-state index < -0.39 is 28.0 Å². The van der Waals surface area contributed by atoms with E-state index >= 15 is 0 Å². The number of para-hydroxylation sites is 1. The first kappa shape index (κ1) is 27.6. The van der Waals surface area contributed by atoms with E-state index in [1.165, 1.54) is 36.4 Å². The lowest BCUT2D eigenvalue weighted by atomic mass is 10.0. The monoisotopic (exact) mass is 566 g/mol. The number of benzene rings is 3. The quantitative estimate of drug-likeness (QED) is 0.169. The third kappa shape index (κ3) is 5.87. The molecule has 9 nitrogen and oxygen atoms in total. The minimum absolute atomic E-state index is 0.0444. The van der Waals surface area contributed by atoms with Crippen LogP contribution in [0.15, 0.2) is 89.9 Å². The van der Waals surface area contributed by atoms with Gasteiger partial charge in [-0.2, -0.15) is 8.42 Å². The normalized spacial score (nSPS) is 14.8. The Kier molecular flexibility index (Phi) is 8.18. The minimum atomic E-state index is -4.21. The number of hydrogen-bond donors (Lipinski definition) is 1. The molecule has 200 valence electrons. The van der Waals surface area contributed by atoms with Crippen LogP contribution in [0.5, 0.6) is 11.5 Å². The Balaban J connectivity index is 1.80. The van der Waals surface area contributed by atoms with Crippen molar-refractivity contribution in [2.75, 3.05) is 11.5 Å². The summed E-state index contributed by atoms with van der Waals surface area (Å²) in [6.45, 7) is 5.60. The Bertz CT molecular complexity index is 1600. The molecule has 3 aromatic carbocycles. The Morgan fingerprint density at radius 2 is 1.72 bits per heavy atom. The molecule has 4 rings (SSSR count). The van der Waals surface area contributed by atoms with Crippen LogP contribution < -0.4 is 19.1 Å². The van der Waals surface area contributed by atoms with Gasteiger partial charge in [-0.3, -0.25) is 14.9 Å². The number of nitrogens with one attached hydrogen (secondary N) is 1. The van der Waals surface area contributed by atoms with Crippen molar-refractivity contribution in [1.29, 1.82) is 0 Å². The molecule has 0 unspecified atom stereocenters. The summed E-state index contributed by atoms with van der Waals surface area (Å²) in [6.07, 6.45) is 3.00. The van der Waals surface area contributed by atoms with Crippen LogP contribution >= 0.6 is 11.6 Å². The molecule has 0 atom stereocenters. The summed E-state index contributed by atoms with van der Waals surface area (Å²) in [4.78, 5) is 39.2. The number of nitrogens with zero attached hydrogens (tertiary/aromatic N) is 1. The number of urea groups is 1. The smallest absolute Gasteiger partial charge is 0.339 e. The van der Waals surface area contributed by atoms with Crippen molar-refractivity contribution in [3.8, 4) is 11.5 Å². The van der Waals surface area contributed by atoms with Gasteiger partial charge in [0.1, 0.15) is 10.5 Å². The second kappa shape index (κ2) is 11.5. The summed E-state index contributed by atoms with van der Waals surface area (Å²) in [5.74, 6) is -1.75. The van der Waals surface area contributed by atoms with Gasteiger partial charge in [-0.1, -0.05) is 48.0 Å². The number of barbiturate groups is 1. The fourth-order valence-electron chi connectivity index (χ4n) is 3.85. The highest BCUT2D eigenvalue weighted by Crippen LogP contribution is 2.37. The maximum Gasteiger partial charge on any atom is 0.339 e. The molecule has 1 aliphatic heterocycles. The zero-order chi connectivity index (χ0) is 28.2. The number of allylic oxidation sites excluding steroid dienone is 1. The van der Waals surface area contributed by atoms with Crippen molar-refractivity contribution in [3.05, 3.63) is 101 Å². The van der Waals surface area contributed by atoms with E-state index in [0.29, 0.717) is 11.1 Å². The first-order valence-corrected chi connectivity index (χ1v) is 13.5. The maximum atomic E-state index is 13.3. The van der Waals surface area contributed by atoms with E-state index in [1.54, 1.807) is 49.4 Å². The number of anilines is 1. The number of carbonyl (C=O) groups is 3. The minimum Gasteiger partial charge on any atom is -0.490 e. The van der Waals surface area contributed by atoms with E-state index in [1.807, 2.05) is 0 Å². The van der Waals surface area contributed by atoms with Crippen molar-refractivity contribution in [3.63, 3.8) is 0 Å². The Morgan fingerprint density at radius 1 is 1.03 bits per heavy atom. The zero-order valence-corrected chi connectivity index (χ0v) is 22.3. The van der Waals surface area contributed by atoms with Crippen LogP contribution in [-0.2, 0) is 26.1 Å². The van der Waals surface area contributed by atoms with Crippen LogP contribution in [0, 0.1) is 0 Å². The molecule has 1 fully saturated rings. The molecule has 1 heterocycles. The fraction of sp³-hybridized carbons (Fsp3) is 0.107. The van der Waals surface area contributed by atoms with Crippen LogP contribution in [0.1, 0.15) is 18.1 Å². The van der Waals surface area contributed by atoms with Gasteiger partial charge >= 0.3 is 16.1 Å². The molecular formula is C28H23ClN2O7S. The van der Waals surface area contributed by atoms with Gasteiger partial charge in [0.25, 0.3) is 11.8 Å². The Hall–Kier alpha value is -4.41. The van der Waals surface area contributed by atoms with Crippen LogP contribution in [-0.4, -0.2) is 32.9 Å². The van der Waals surface area contributed by atoms with Gasteiger partial charge < -0.3 is 8.92 Å². The summed E-state index contributed by atoms with van der Waals surface area (Å²) in [5, 5.41) is 2.29. The van der Waals surface area contributed by atoms with Gasteiger partial charge in [-0.25, -0.2) is 9.69 Å². The number of halogens is 1. The number of hydrogen-bond acceptors (Lipinski definition) is 7. The maximum absolute atomic E-state index is 13.3. The van der Waals surface area contributed by atoms with E-state index in [2.05, 4.69) is 11.9 Å². The standard InChI is InChI=1S/C28H23ClN2O7S/c1-3-10-19-15-18(17-24(37-4-2)25(19)38-39(35,36)20-11-6-5-7-12-20)16-21-26(32)30-28(34)31(27(21)33)23-14-9-8-13-22(23)29/h3,5-9,11-17H,1,4,10H2,2H3,(H,30,32,34)/b21-16+. The molecule has 0 saturated carbocycles. The number of imide groups is 2. The average molecular weight is 567 g/mol. The molecule has 11 heteroatoms. The van der Waals surface area contributed by atoms with Gasteiger partial charge in [0, 0.05) is 5.56 Å². The van der Waals surface area contributed by atoms with Crippen LogP contribution in [0.2, 0.25) is 5.02 Å². The van der Waals surface area contributed by atoms with Crippen molar-refractivity contribution in [2.45, 2.75) is 18.2 Å². The molecule has 0 spiro atoms. The van der Waals surface area contributed by atoms with Gasteiger partial charge in [0.15, 0.2) is 11.5 Å². The van der Waals surface area contributed by atoms with Crippen LogP contribution in [0.3, 0.4) is 0 Å². The third-order valence-corrected chi connectivity index (χ3v) is 7.10. The summed E-state index contributed by atoms with van der Waals surface area (Å²) < 4.78 is 37.1. The molecule has 3 aromatic rings. The predicted octanol–water partition coefficient (Wildman–Crippen LogP) is 4.90. The summed E-state index contributed by atoms with van der Waals surface area (Å²) in [7, 11) is -4.21. The highest BCUT2D eigenvalue weighted by atomic mass is 35.5. The first-order chi connectivity index (χ1) is 18.7.